The van der Waals surface area contributed by atoms with Crippen molar-refractivity contribution in [2.45, 2.75) is 37.8 Å². The van der Waals surface area contributed by atoms with Gasteiger partial charge in [-0.25, -0.2) is 9.37 Å². The van der Waals surface area contributed by atoms with Crippen molar-refractivity contribution in [3.8, 4) is 11.3 Å². The number of piperidine rings is 1. The van der Waals surface area contributed by atoms with Gasteiger partial charge in [-0.3, -0.25) is 9.48 Å². The smallest absolute Gasteiger partial charge is 0.259 e. The summed E-state index contributed by atoms with van der Waals surface area (Å²) in [4.78, 5) is 22.6. The summed E-state index contributed by atoms with van der Waals surface area (Å²) in [5.74, 6) is -0.800. The van der Waals surface area contributed by atoms with Crippen LogP contribution in [-0.4, -0.2) is 36.6 Å². The zero-order valence-corrected chi connectivity index (χ0v) is 17.2. The number of amides is 1. The lowest BCUT2D eigenvalue weighted by Crippen LogP contribution is -2.50. The quantitative estimate of drug-likeness (QED) is 0.528. The Hall–Kier alpha value is -3.48. The van der Waals surface area contributed by atoms with Crippen molar-refractivity contribution >= 4 is 16.9 Å². The molecule has 7 heteroatoms. The van der Waals surface area contributed by atoms with Gasteiger partial charge in [-0.2, -0.15) is 5.10 Å². The number of carbonyl (C=O) groups is 1. The van der Waals surface area contributed by atoms with E-state index < -0.39 is 5.82 Å². The number of aromatic nitrogens is 4. The van der Waals surface area contributed by atoms with E-state index in [4.69, 9.17) is 5.10 Å². The van der Waals surface area contributed by atoms with Crippen LogP contribution in [-0.2, 0) is 13.5 Å². The maximum Gasteiger partial charge on any atom is 0.259 e. The van der Waals surface area contributed by atoms with E-state index >= 15 is 4.39 Å². The standard InChI is InChI=1S/C24H22FN5O/c1-29-22(14-6-3-2-4-7-14)17-12-15-8-5-9-19(21(17)28-29)30(15)24(31)18-13-27-23-16(20(18)25)10-11-26-23/h2-4,6-7,10-11,13,15,19H,5,8-9,12H2,1H3,(H,26,27). The van der Waals surface area contributed by atoms with Crippen molar-refractivity contribution in [1.82, 2.24) is 24.6 Å². The summed E-state index contributed by atoms with van der Waals surface area (Å²) in [6.07, 6.45) is 6.50. The Morgan fingerprint density at radius 1 is 1.19 bits per heavy atom. The SMILES string of the molecule is Cn1nc2c(c1-c1ccccc1)CC1CCCC2N1C(=O)c1cnc2[nH]ccc2c1F. The molecular weight excluding hydrogens is 393 g/mol. The zero-order valence-electron chi connectivity index (χ0n) is 17.2. The minimum atomic E-state index is -0.508. The summed E-state index contributed by atoms with van der Waals surface area (Å²) >= 11 is 0. The van der Waals surface area contributed by atoms with Crippen molar-refractivity contribution in [3.63, 3.8) is 0 Å². The largest absolute Gasteiger partial charge is 0.346 e. The van der Waals surface area contributed by atoms with Gasteiger partial charge < -0.3 is 9.88 Å². The molecule has 0 spiro atoms. The number of hydrogen-bond acceptors (Lipinski definition) is 3. The molecule has 2 aliphatic heterocycles. The Kier molecular flexibility index (Phi) is 4.00. The summed E-state index contributed by atoms with van der Waals surface area (Å²) in [6, 6.07) is 11.8. The molecule has 2 bridgehead atoms. The Balaban J connectivity index is 1.45. The minimum absolute atomic E-state index is 0.0339. The maximum atomic E-state index is 15.1. The molecule has 6 nitrogen and oxygen atoms in total. The summed E-state index contributed by atoms with van der Waals surface area (Å²) in [6.45, 7) is 0. The first-order valence-corrected chi connectivity index (χ1v) is 10.7. The molecular formula is C24H22FN5O. The average Bonchev–Trinajstić information content (AvgIpc) is 3.38. The van der Waals surface area contributed by atoms with Gasteiger partial charge in [-0.05, 0) is 31.7 Å². The highest BCUT2D eigenvalue weighted by Gasteiger charge is 2.44. The topological polar surface area (TPSA) is 66.8 Å². The lowest BCUT2D eigenvalue weighted by atomic mass is 9.81. The minimum Gasteiger partial charge on any atom is -0.346 e. The number of pyridine rings is 1. The second-order valence-corrected chi connectivity index (χ2v) is 8.44. The van der Waals surface area contributed by atoms with E-state index in [9.17, 15) is 4.79 Å². The molecule has 1 N–H and O–H groups in total. The van der Waals surface area contributed by atoms with E-state index in [-0.39, 0.29) is 23.6 Å². The lowest BCUT2D eigenvalue weighted by molar-refractivity contribution is 0.0387. The molecule has 31 heavy (non-hydrogen) atoms. The molecule has 6 rings (SSSR count). The van der Waals surface area contributed by atoms with Crippen LogP contribution in [0, 0.1) is 5.82 Å². The van der Waals surface area contributed by atoms with Crippen molar-refractivity contribution in [3.05, 3.63) is 71.4 Å². The lowest BCUT2D eigenvalue weighted by Gasteiger charge is -2.45. The van der Waals surface area contributed by atoms with Gasteiger partial charge in [-0.1, -0.05) is 30.3 Å². The normalized spacial score (nSPS) is 20.1. The number of halogens is 1. The fraction of sp³-hybridized carbons (Fsp3) is 0.292. The van der Waals surface area contributed by atoms with Crippen LogP contribution in [0.15, 0.2) is 48.8 Å². The van der Waals surface area contributed by atoms with E-state index in [0.717, 1.165) is 42.6 Å². The Morgan fingerprint density at radius 2 is 2.03 bits per heavy atom. The predicted octanol–water partition coefficient (Wildman–Crippen LogP) is 4.39. The number of nitrogens with one attached hydrogen (secondary N) is 1. The number of benzene rings is 1. The third-order valence-electron chi connectivity index (χ3n) is 6.71. The zero-order chi connectivity index (χ0) is 21.1. The number of carbonyl (C=O) groups excluding carboxylic acids is 1. The molecule has 0 saturated carbocycles. The number of nitrogens with zero attached hydrogens (tertiary/aromatic N) is 4. The molecule has 1 aromatic carbocycles. The van der Waals surface area contributed by atoms with Gasteiger partial charge in [0, 0.05) is 36.6 Å². The molecule has 1 saturated heterocycles. The van der Waals surface area contributed by atoms with Crippen LogP contribution in [0.2, 0.25) is 0 Å². The van der Waals surface area contributed by atoms with Gasteiger partial charge in [0.1, 0.15) is 11.5 Å². The van der Waals surface area contributed by atoms with Crippen molar-refractivity contribution in [2.24, 2.45) is 7.05 Å². The monoisotopic (exact) mass is 415 g/mol. The van der Waals surface area contributed by atoms with E-state index in [1.807, 2.05) is 34.8 Å². The first-order valence-electron chi connectivity index (χ1n) is 10.7. The molecule has 4 aromatic rings. The summed E-state index contributed by atoms with van der Waals surface area (Å²) in [5.41, 5.74) is 4.89. The van der Waals surface area contributed by atoms with Crippen LogP contribution in [0.1, 0.15) is 46.9 Å². The van der Waals surface area contributed by atoms with Crippen LogP contribution in [0.25, 0.3) is 22.3 Å². The molecule has 1 fully saturated rings. The van der Waals surface area contributed by atoms with Gasteiger partial charge in [0.2, 0.25) is 0 Å². The van der Waals surface area contributed by atoms with Gasteiger partial charge in [-0.15, -0.1) is 0 Å². The van der Waals surface area contributed by atoms with Crippen molar-refractivity contribution in [1.29, 1.82) is 0 Å². The highest BCUT2D eigenvalue weighted by molar-refractivity contribution is 5.98. The molecule has 156 valence electrons. The molecule has 2 atom stereocenters. The second-order valence-electron chi connectivity index (χ2n) is 8.44. The van der Waals surface area contributed by atoms with Gasteiger partial charge >= 0.3 is 0 Å². The van der Waals surface area contributed by atoms with Crippen molar-refractivity contribution < 1.29 is 9.18 Å². The second kappa shape index (κ2) is 6.77. The summed E-state index contributed by atoms with van der Waals surface area (Å²) < 4.78 is 17.1. The number of hydrogen-bond donors (Lipinski definition) is 1. The summed E-state index contributed by atoms with van der Waals surface area (Å²) in [7, 11) is 1.96. The molecule has 5 heterocycles. The molecule has 1 amide bonds. The number of rotatable bonds is 2. The highest BCUT2D eigenvalue weighted by atomic mass is 19.1. The Bertz CT molecular complexity index is 1310. The Morgan fingerprint density at radius 3 is 2.87 bits per heavy atom. The van der Waals surface area contributed by atoms with E-state index in [2.05, 4.69) is 22.1 Å². The highest BCUT2D eigenvalue weighted by Crippen LogP contribution is 2.45. The van der Waals surface area contributed by atoms with Gasteiger partial charge in [0.05, 0.1) is 28.4 Å². The molecule has 2 aliphatic rings. The third kappa shape index (κ3) is 2.65. The fourth-order valence-electron chi connectivity index (χ4n) is 5.37. The van der Waals surface area contributed by atoms with E-state index in [0.29, 0.717) is 11.0 Å². The van der Waals surface area contributed by atoms with Crippen LogP contribution >= 0.6 is 0 Å². The van der Waals surface area contributed by atoms with Crippen LogP contribution in [0.3, 0.4) is 0 Å². The molecule has 3 aromatic heterocycles. The van der Waals surface area contributed by atoms with Crippen LogP contribution < -0.4 is 0 Å². The number of aryl methyl sites for hydroxylation is 1. The van der Waals surface area contributed by atoms with Crippen LogP contribution in [0.4, 0.5) is 4.39 Å². The van der Waals surface area contributed by atoms with Gasteiger partial charge in [0.15, 0.2) is 0 Å². The van der Waals surface area contributed by atoms with Gasteiger partial charge in [0.25, 0.3) is 5.91 Å². The predicted molar refractivity (Wildman–Crippen MR) is 115 cm³/mol. The maximum absolute atomic E-state index is 15.1. The number of H-pyrrole nitrogens is 1. The fourth-order valence-corrected chi connectivity index (χ4v) is 5.37. The third-order valence-corrected chi connectivity index (χ3v) is 6.71. The molecule has 0 radical (unpaired) electrons. The first-order chi connectivity index (χ1) is 15.1. The van der Waals surface area contributed by atoms with E-state index in [1.165, 1.54) is 11.8 Å². The summed E-state index contributed by atoms with van der Waals surface area (Å²) in [5, 5.41) is 5.19. The Labute approximate surface area is 178 Å². The molecule has 2 unspecified atom stereocenters. The number of aromatic amines is 1. The van der Waals surface area contributed by atoms with E-state index in [1.54, 1.807) is 12.3 Å². The van der Waals surface area contributed by atoms with Crippen LogP contribution in [0.5, 0.6) is 0 Å². The van der Waals surface area contributed by atoms with Crippen molar-refractivity contribution in [2.75, 3.05) is 0 Å². The first kappa shape index (κ1) is 18.3. The number of fused-ring (bicyclic) bond motifs is 5. The molecule has 0 aliphatic carbocycles. The average molecular weight is 415 g/mol.